The molecule has 7 nitrogen and oxygen atoms in total. The molecule has 0 radical (unpaired) electrons. The van der Waals surface area contributed by atoms with Crippen molar-refractivity contribution in [3.8, 4) is 0 Å². The van der Waals surface area contributed by atoms with E-state index in [0.717, 1.165) is 6.42 Å². The number of carboxylic acid groups (broad SMARTS) is 1. The van der Waals surface area contributed by atoms with Crippen LogP contribution in [-0.4, -0.2) is 33.7 Å². The van der Waals surface area contributed by atoms with Gasteiger partial charge in [-0.2, -0.15) is 4.98 Å². The zero-order valence-electron chi connectivity index (χ0n) is 11.3. The summed E-state index contributed by atoms with van der Waals surface area (Å²) in [6, 6.07) is 0. The van der Waals surface area contributed by atoms with Gasteiger partial charge in [0.15, 0.2) is 0 Å². The minimum atomic E-state index is -0.865. The molecule has 0 aliphatic rings. The highest BCUT2D eigenvalue weighted by Crippen LogP contribution is 2.14. The van der Waals surface area contributed by atoms with Crippen molar-refractivity contribution >= 4 is 11.9 Å². The van der Waals surface area contributed by atoms with E-state index in [4.69, 9.17) is 9.63 Å². The van der Waals surface area contributed by atoms with Gasteiger partial charge in [0.2, 0.25) is 5.89 Å². The number of aliphatic carboxylic acids is 1. The van der Waals surface area contributed by atoms with Crippen molar-refractivity contribution in [2.45, 2.75) is 33.6 Å². The van der Waals surface area contributed by atoms with Crippen molar-refractivity contribution in [3.05, 3.63) is 11.7 Å². The number of aromatic nitrogens is 2. The average Bonchev–Trinajstić information content (AvgIpc) is 2.71. The third-order valence-corrected chi connectivity index (χ3v) is 2.55. The number of nitrogens with zero attached hydrogens (tertiary/aromatic N) is 2. The normalized spacial score (nSPS) is 12.4. The van der Waals surface area contributed by atoms with Gasteiger partial charge in [-0.3, -0.25) is 9.59 Å². The summed E-state index contributed by atoms with van der Waals surface area (Å²) < 4.78 is 4.71. The fourth-order valence-corrected chi connectivity index (χ4v) is 1.86. The highest BCUT2D eigenvalue weighted by Gasteiger charge is 2.18. The third-order valence-electron chi connectivity index (χ3n) is 2.55. The first kappa shape index (κ1) is 15.1. The molecule has 0 bridgehead atoms. The Hall–Kier alpha value is -1.92. The molecule has 1 aromatic rings. The highest BCUT2D eigenvalue weighted by atomic mass is 16.5. The molecule has 106 valence electrons. The first-order chi connectivity index (χ1) is 8.88. The summed E-state index contributed by atoms with van der Waals surface area (Å²) in [5, 5.41) is 15.0. The van der Waals surface area contributed by atoms with Crippen molar-refractivity contribution in [2.75, 3.05) is 6.54 Å². The van der Waals surface area contributed by atoms with Crippen molar-refractivity contribution in [2.24, 2.45) is 11.8 Å². The fraction of sp³-hybridized carbons (Fsp3) is 0.667. The predicted octanol–water partition coefficient (Wildman–Crippen LogP) is 1.24. The van der Waals surface area contributed by atoms with Gasteiger partial charge in [-0.15, -0.1) is 0 Å². The SMILES string of the molecule is Cc1nc(C(=O)NCC(CC(=O)O)CC(C)C)no1. The van der Waals surface area contributed by atoms with Gasteiger partial charge in [0, 0.05) is 19.9 Å². The number of amides is 1. The Labute approximate surface area is 111 Å². The molecule has 2 N–H and O–H groups in total. The van der Waals surface area contributed by atoms with E-state index in [-0.39, 0.29) is 24.7 Å². The lowest BCUT2D eigenvalue weighted by molar-refractivity contribution is -0.138. The van der Waals surface area contributed by atoms with Crippen molar-refractivity contribution in [1.82, 2.24) is 15.5 Å². The van der Waals surface area contributed by atoms with Crippen LogP contribution in [-0.2, 0) is 4.79 Å². The molecule has 7 heteroatoms. The first-order valence-corrected chi connectivity index (χ1v) is 6.18. The lowest BCUT2D eigenvalue weighted by Gasteiger charge is -2.17. The van der Waals surface area contributed by atoms with Crippen LogP contribution >= 0.6 is 0 Å². The van der Waals surface area contributed by atoms with Crippen molar-refractivity contribution < 1.29 is 19.2 Å². The van der Waals surface area contributed by atoms with Gasteiger partial charge < -0.3 is 14.9 Å². The molecule has 0 saturated heterocycles. The molecule has 1 amide bonds. The van der Waals surface area contributed by atoms with E-state index < -0.39 is 11.9 Å². The highest BCUT2D eigenvalue weighted by molar-refractivity contribution is 5.90. The summed E-state index contributed by atoms with van der Waals surface area (Å²) in [6.07, 6.45) is 0.765. The zero-order chi connectivity index (χ0) is 14.4. The number of nitrogens with one attached hydrogen (secondary N) is 1. The molecule has 0 aliphatic carbocycles. The largest absolute Gasteiger partial charge is 0.481 e. The number of aryl methyl sites for hydroxylation is 1. The van der Waals surface area contributed by atoms with Crippen LogP contribution in [0, 0.1) is 18.8 Å². The first-order valence-electron chi connectivity index (χ1n) is 6.18. The molecule has 0 saturated carbocycles. The maximum absolute atomic E-state index is 11.7. The van der Waals surface area contributed by atoms with Gasteiger partial charge in [0.25, 0.3) is 11.7 Å². The van der Waals surface area contributed by atoms with E-state index in [1.807, 2.05) is 13.8 Å². The third kappa shape index (κ3) is 5.50. The summed E-state index contributed by atoms with van der Waals surface area (Å²) in [6.45, 7) is 5.91. The van der Waals surface area contributed by atoms with Crippen molar-refractivity contribution in [3.63, 3.8) is 0 Å². The summed E-state index contributed by atoms with van der Waals surface area (Å²) in [5.74, 6) is -0.764. The second-order valence-electron chi connectivity index (χ2n) is 4.94. The molecule has 1 heterocycles. The van der Waals surface area contributed by atoms with Crippen LogP contribution in [0.3, 0.4) is 0 Å². The van der Waals surface area contributed by atoms with E-state index in [1.54, 1.807) is 6.92 Å². The van der Waals surface area contributed by atoms with E-state index in [2.05, 4.69) is 15.5 Å². The molecule has 1 atom stereocenters. The maximum atomic E-state index is 11.7. The van der Waals surface area contributed by atoms with Gasteiger partial charge >= 0.3 is 5.97 Å². The fourth-order valence-electron chi connectivity index (χ4n) is 1.86. The molecule has 0 aliphatic heterocycles. The molecule has 0 spiro atoms. The summed E-state index contributed by atoms with van der Waals surface area (Å²) in [7, 11) is 0. The number of hydrogen-bond donors (Lipinski definition) is 2. The van der Waals surface area contributed by atoms with Crippen LogP contribution in [0.4, 0.5) is 0 Å². The second-order valence-corrected chi connectivity index (χ2v) is 4.94. The van der Waals surface area contributed by atoms with Gasteiger partial charge in [0.05, 0.1) is 0 Å². The van der Waals surface area contributed by atoms with Gasteiger partial charge in [-0.1, -0.05) is 19.0 Å². The van der Waals surface area contributed by atoms with Gasteiger partial charge in [-0.05, 0) is 18.3 Å². The molecule has 1 unspecified atom stereocenters. The standard InChI is InChI=1S/C12H19N3O4/c1-7(2)4-9(5-10(16)17)6-13-12(18)11-14-8(3)19-15-11/h7,9H,4-6H2,1-3H3,(H,13,18)(H,16,17). The topological polar surface area (TPSA) is 105 Å². The van der Waals surface area contributed by atoms with Crippen LogP contribution < -0.4 is 5.32 Å². The lowest BCUT2D eigenvalue weighted by Crippen LogP contribution is -2.31. The van der Waals surface area contributed by atoms with E-state index in [9.17, 15) is 9.59 Å². The Bertz CT molecular complexity index is 442. The minimum Gasteiger partial charge on any atom is -0.481 e. The summed E-state index contributed by atoms with van der Waals surface area (Å²) in [4.78, 5) is 26.3. The number of carbonyl (C=O) groups excluding carboxylic acids is 1. The van der Waals surface area contributed by atoms with Crippen LogP contribution in [0.25, 0.3) is 0 Å². The number of rotatable bonds is 7. The zero-order valence-corrected chi connectivity index (χ0v) is 11.3. The predicted molar refractivity (Wildman–Crippen MR) is 66.6 cm³/mol. The lowest BCUT2D eigenvalue weighted by atomic mass is 9.94. The van der Waals surface area contributed by atoms with E-state index in [1.165, 1.54) is 0 Å². The molecule has 1 rings (SSSR count). The van der Waals surface area contributed by atoms with Gasteiger partial charge in [0.1, 0.15) is 0 Å². The Morgan fingerprint density at radius 2 is 2.11 bits per heavy atom. The Morgan fingerprint density at radius 3 is 2.58 bits per heavy atom. The molecule has 0 aromatic carbocycles. The summed E-state index contributed by atoms with van der Waals surface area (Å²) >= 11 is 0. The number of carbonyl (C=O) groups is 2. The number of carboxylic acids is 1. The molecule has 1 aromatic heterocycles. The van der Waals surface area contributed by atoms with E-state index in [0.29, 0.717) is 11.8 Å². The average molecular weight is 269 g/mol. The van der Waals surface area contributed by atoms with Crippen LogP contribution in [0.15, 0.2) is 4.52 Å². The van der Waals surface area contributed by atoms with Crippen molar-refractivity contribution in [1.29, 1.82) is 0 Å². The van der Waals surface area contributed by atoms with Crippen LogP contribution in [0.2, 0.25) is 0 Å². The molecular weight excluding hydrogens is 250 g/mol. The van der Waals surface area contributed by atoms with E-state index >= 15 is 0 Å². The smallest absolute Gasteiger partial charge is 0.303 e. The van der Waals surface area contributed by atoms with Crippen LogP contribution in [0.5, 0.6) is 0 Å². The molecule has 19 heavy (non-hydrogen) atoms. The summed E-state index contributed by atoms with van der Waals surface area (Å²) in [5.41, 5.74) is 0. The number of hydrogen-bond acceptors (Lipinski definition) is 5. The molecule has 0 fully saturated rings. The molecular formula is C12H19N3O4. The minimum absolute atomic E-state index is 0.0314. The quantitative estimate of drug-likeness (QED) is 0.771. The Kier molecular flexibility index (Phi) is 5.47. The second kappa shape index (κ2) is 6.86. The van der Waals surface area contributed by atoms with Crippen LogP contribution in [0.1, 0.15) is 43.2 Å². The monoisotopic (exact) mass is 269 g/mol. The van der Waals surface area contributed by atoms with Gasteiger partial charge in [-0.25, -0.2) is 0 Å². The maximum Gasteiger partial charge on any atom is 0.303 e. The Morgan fingerprint density at radius 1 is 1.42 bits per heavy atom. The Balaban J connectivity index is 2.50.